The van der Waals surface area contributed by atoms with Crippen molar-refractivity contribution in [2.45, 2.75) is 33.2 Å². The number of nitro benzene ring substituents is 1. The predicted molar refractivity (Wildman–Crippen MR) is 140 cm³/mol. The van der Waals surface area contributed by atoms with E-state index in [2.05, 4.69) is 48.3 Å². The highest BCUT2D eigenvalue weighted by molar-refractivity contribution is 5.94. The number of rotatable bonds is 7. The van der Waals surface area contributed by atoms with Gasteiger partial charge >= 0.3 is 0 Å². The topological polar surface area (TPSA) is 78.7 Å². The van der Waals surface area contributed by atoms with E-state index in [1.807, 2.05) is 42.2 Å². The number of amides is 1. The zero-order valence-corrected chi connectivity index (χ0v) is 20.5. The van der Waals surface area contributed by atoms with Gasteiger partial charge in [-0.1, -0.05) is 55.8 Å². The molecule has 0 spiro atoms. The van der Waals surface area contributed by atoms with Crippen LogP contribution in [0.15, 0.2) is 66.7 Å². The molecular weight excluding hydrogens is 440 g/mol. The number of aryl methyl sites for hydroxylation is 1. The molecule has 3 aromatic carbocycles. The second-order valence-corrected chi connectivity index (χ2v) is 9.35. The Morgan fingerprint density at radius 1 is 0.971 bits per heavy atom. The van der Waals surface area contributed by atoms with Crippen LogP contribution in [0, 0.1) is 17.0 Å². The molecule has 4 rings (SSSR count). The molecule has 35 heavy (non-hydrogen) atoms. The fraction of sp³-hybridized carbons (Fsp3) is 0.321. The first-order valence-corrected chi connectivity index (χ1v) is 12.0. The number of nitro groups is 1. The minimum Gasteiger partial charge on any atom is -0.375 e. The first-order valence-electron chi connectivity index (χ1n) is 12.0. The maximum absolute atomic E-state index is 12.8. The van der Waals surface area contributed by atoms with E-state index in [1.165, 1.54) is 5.56 Å². The molecule has 1 saturated heterocycles. The highest BCUT2D eigenvalue weighted by Gasteiger charge is 2.24. The molecule has 0 aromatic heterocycles. The number of anilines is 2. The minimum absolute atomic E-state index is 0.0409. The predicted octanol–water partition coefficient (Wildman–Crippen LogP) is 5.60. The molecule has 1 aliphatic heterocycles. The summed E-state index contributed by atoms with van der Waals surface area (Å²) >= 11 is 0. The van der Waals surface area contributed by atoms with E-state index in [1.54, 1.807) is 12.1 Å². The van der Waals surface area contributed by atoms with Gasteiger partial charge in [-0.25, -0.2) is 0 Å². The Morgan fingerprint density at radius 3 is 2.23 bits per heavy atom. The van der Waals surface area contributed by atoms with Crippen molar-refractivity contribution in [3.63, 3.8) is 0 Å². The number of nitrogens with zero attached hydrogens (tertiary/aromatic N) is 3. The molecule has 7 nitrogen and oxygen atoms in total. The Labute approximate surface area is 206 Å². The van der Waals surface area contributed by atoms with Crippen molar-refractivity contribution < 1.29 is 9.72 Å². The first kappa shape index (κ1) is 24.3. The quantitative estimate of drug-likeness (QED) is 0.358. The molecule has 0 atom stereocenters. The van der Waals surface area contributed by atoms with Crippen molar-refractivity contribution in [2.24, 2.45) is 0 Å². The lowest BCUT2D eigenvalue weighted by Gasteiger charge is -2.36. The molecule has 0 aliphatic carbocycles. The maximum atomic E-state index is 12.8. The van der Waals surface area contributed by atoms with Crippen LogP contribution in [0.5, 0.6) is 0 Å². The summed E-state index contributed by atoms with van der Waals surface area (Å²) in [6.07, 6.45) is 0. The summed E-state index contributed by atoms with van der Waals surface area (Å²) in [5, 5.41) is 14.9. The van der Waals surface area contributed by atoms with Crippen LogP contribution >= 0.6 is 0 Å². The van der Waals surface area contributed by atoms with Gasteiger partial charge in [-0.05, 0) is 48.2 Å². The van der Waals surface area contributed by atoms with E-state index < -0.39 is 0 Å². The van der Waals surface area contributed by atoms with Crippen LogP contribution in [-0.2, 0) is 6.54 Å². The van der Waals surface area contributed by atoms with E-state index in [0.717, 1.165) is 16.8 Å². The number of nitrogens with one attached hydrogen (secondary N) is 1. The highest BCUT2D eigenvalue weighted by atomic mass is 16.6. The fourth-order valence-corrected chi connectivity index (χ4v) is 4.29. The summed E-state index contributed by atoms with van der Waals surface area (Å²) in [6.45, 7) is 9.37. The highest BCUT2D eigenvalue weighted by Crippen LogP contribution is 2.31. The summed E-state index contributed by atoms with van der Waals surface area (Å²) in [5.41, 5.74) is 5.63. The zero-order chi connectivity index (χ0) is 24.9. The lowest BCUT2D eigenvalue weighted by atomic mass is 10.0. The van der Waals surface area contributed by atoms with Crippen LogP contribution in [0.2, 0.25) is 0 Å². The van der Waals surface area contributed by atoms with Gasteiger partial charge in [0.25, 0.3) is 11.6 Å². The second kappa shape index (κ2) is 10.6. The fourth-order valence-electron chi connectivity index (χ4n) is 4.29. The van der Waals surface area contributed by atoms with Gasteiger partial charge < -0.3 is 15.1 Å². The van der Waals surface area contributed by atoms with Gasteiger partial charge in [-0.15, -0.1) is 0 Å². The normalized spacial score (nSPS) is 13.7. The van der Waals surface area contributed by atoms with Crippen molar-refractivity contribution >= 4 is 23.0 Å². The Kier molecular flexibility index (Phi) is 7.34. The summed E-state index contributed by atoms with van der Waals surface area (Å²) in [7, 11) is 0. The number of hydrogen-bond acceptors (Lipinski definition) is 5. The molecule has 3 aromatic rings. The van der Waals surface area contributed by atoms with Crippen LogP contribution < -0.4 is 10.2 Å². The third-order valence-corrected chi connectivity index (χ3v) is 6.54. The Balaban J connectivity index is 1.43. The molecule has 1 N–H and O–H groups in total. The average Bonchev–Trinajstić information content (AvgIpc) is 2.87. The van der Waals surface area contributed by atoms with Crippen molar-refractivity contribution in [1.82, 2.24) is 4.90 Å². The van der Waals surface area contributed by atoms with Crippen molar-refractivity contribution in [3.05, 3.63) is 99.1 Å². The van der Waals surface area contributed by atoms with Gasteiger partial charge in [0.15, 0.2) is 0 Å². The standard InChI is InChI=1S/C28H32N4O3/c1-20(2)23-10-6-22(7-11-23)19-29-26-18-25(12-13-27(26)32(34)35)30-14-16-31(17-15-30)28(33)24-8-4-21(3)5-9-24/h4-13,18,20,29H,14-17,19H2,1-3H3. The van der Waals surface area contributed by atoms with Crippen molar-refractivity contribution in [1.29, 1.82) is 0 Å². The monoisotopic (exact) mass is 472 g/mol. The molecule has 1 heterocycles. The third-order valence-electron chi connectivity index (χ3n) is 6.54. The van der Waals surface area contributed by atoms with Crippen LogP contribution in [0.1, 0.15) is 46.8 Å². The molecule has 0 radical (unpaired) electrons. The van der Waals surface area contributed by atoms with Gasteiger partial charge in [-0.3, -0.25) is 14.9 Å². The van der Waals surface area contributed by atoms with E-state index in [9.17, 15) is 14.9 Å². The van der Waals surface area contributed by atoms with Gasteiger partial charge in [0, 0.05) is 50.0 Å². The summed E-state index contributed by atoms with van der Waals surface area (Å²) in [4.78, 5) is 28.1. The summed E-state index contributed by atoms with van der Waals surface area (Å²) in [5.74, 6) is 0.501. The summed E-state index contributed by atoms with van der Waals surface area (Å²) < 4.78 is 0. The number of carbonyl (C=O) groups is 1. The van der Waals surface area contributed by atoms with Crippen LogP contribution in [0.25, 0.3) is 0 Å². The Hall–Kier alpha value is -3.87. The molecule has 0 unspecified atom stereocenters. The van der Waals surface area contributed by atoms with E-state index in [4.69, 9.17) is 0 Å². The minimum atomic E-state index is -0.355. The third kappa shape index (κ3) is 5.80. The molecule has 0 bridgehead atoms. The number of hydrogen-bond donors (Lipinski definition) is 1. The molecule has 1 aliphatic rings. The van der Waals surface area contributed by atoms with Crippen molar-refractivity contribution in [2.75, 3.05) is 36.4 Å². The molecule has 182 valence electrons. The molecular formula is C28H32N4O3. The molecule has 7 heteroatoms. The van der Waals surface area contributed by atoms with E-state index in [0.29, 0.717) is 49.9 Å². The van der Waals surface area contributed by atoms with Crippen molar-refractivity contribution in [3.8, 4) is 0 Å². The van der Waals surface area contributed by atoms with Crippen LogP contribution in [0.4, 0.5) is 17.1 Å². The van der Waals surface area contributed by atoms with Crippen LogP contribution in [-0.4, -0.2) is 41.9 Å². The van der Waals surface area contributed by atoms with Gasteiger partial charge in [-0.2, -0.15) is 0 Å². The number of piperazine rings is 1. The number of benzene rings is 3. The lowest BCUT2D eigenvalue weighted by molar-refractivity contribution is -0.384. The second-order valence-electron chi connectivity index (χ2n) is 9.35. The lowest BCUT2D eigenvalue weighted by Crippen LogP contribution is -2.48. The van der Waals surface area contributed by atoms with Crippen LogP contribution in [0.3, 0.4) is 0 Å². The molecule has 0 saturated carbocycles. The maximum Gasteiger partial charge on any atom is 0.292 e. The SMILES string of the molecule is Cc1ccc(C(=O)N2CCN(c3ccc([N+](=O)[O-])c(NCc4ccc(C(C)C)cc4)c3)CC2)cc1. The molecule has 1 fully saturated rings. The van der Waals surface area contributed by atoms with Gasteiger partial charge in [0.05, 0.1) is 4.92 Å². The summed E-state index contributed by atoms with van der Waals surface area (Å²) in [6, 6.07) is 21.2. The molecule has 1 amide bonds. The number of carbonyl (C=O) groups excluding carboxylic acids is 1. The first-order chi connectivity index (χ1) is 16.8. The Morgan fingerprint density at radius 2 is 1.63 bits per heavy atom. The van der Waals surface area contributed by atoms with Gasteiger partial charge in [0.1, 0.15) is 5.69 Å². The Bertz CT molecular complexity index is 1180. The average molecular weight is 473 g/mol. The smallest absolute Gasteiger partial charge is 0.292 e. The zero-order valence-electron chi connectivity index (χ0n) is 20.5. The van der Waals surface area contributed by atoms with E-state index >= 15 is 0 Å². The van der Waals surface area contributed by atoms with E-state index in [-0.39, 0.29) is 16.5 Å². The van der Waals surface area contributed by atoms with Gasteiger partial charge in [0.2, 0.25) is 0 Å². The largest absolute Gasteiger partial charge is 0.375 e.